The number of carboxylic acids is 1. The molecule has 1 saturated heterocycles. The highest BCUT2D eigenvalue weighted by Crippen LogP contribution is 2.32. The molecular formula is C31H24N2O5S. The number of aryl methyl sites for hydroxylation is 1. The van der Waals surface area contributed by atoms with E-state index >= 15 is 0 Å². The van der Waals surface area contributed by atoms with Crippen molar-refractivity contribution in [2.24, 2.45) is 0 Å². The lowest BCUT2D eigenvalue weighted by Gasteiger charge is -2.29. The van der Waals surface area contributed by atoms with Crippen molar-refractivity contribution in [3.63, 3.8) is 0 Å². The Hall–Kier alpha value is -4.82. The summed E-state index contributed by atoms with van der Waals surface area (Å²) in [5.41, 5.74) is 3.13. The van der Waals surface area contributed by atoms with E-state index in [1.54, 1.807) is 30.3 Å². The van der Waals surface area contributed by atoms with Gasteiger partial charge in [-0.1, -0.05) is 61.5 Å². The maximum Gasteiger partial charge on any atom is 0.335 e. The number of carboxylic acid groups (broad SMARTS) is 1. The molecule has 4 aromatic carbocycles. The van der Waals surface area contributed by atoms with Crippen LogP contribution in [0.1, 0.15) is 34.0 Å². The quantitative estimate of drug-likeness (QED) is 0.184. The van der Waals surface area contributed by atoms with Crippen LogP contribution in [-0.2, 0) is 22.6 Å². The SMILES string of the molecule is CCc1ccc(N2C(=O)/C(=C/c3c(OCc4ccc(C(=O)O)cc4)ccc4ccccc34)C(=O)NC2=S)cc1. The van der Waals surface area contributed by atoms with Crippen LogP contribution in [0.2, 0.25) is 0 Å². The number of hydrogen-bond donors (Lipinski definition) is 2. The Balaban J connectivity index is 1.53. The zero-order valence-electron chi connectivity index (χ0n) is 21.0. The van der Waals surface area contributed by atoms with Gasteiger partial charge in [0.15, 0.2) is 5.11 Å². The van der Waals surface area contributed by atoms with Crippen LogP contribution in [0.15, 0.2) is 90.5 Å². The largest absolute Gasteiger partial charge is 0.488 e. The smallest absolute Gasteiger partial charge is 0.335 e. The van der Waals surface area contributed by atoms with Gasteiger partial charge in [0.25, 0.3) is 11.8 Å². The summed E-state index contributed by atoms with van der Waals surface area (Å²) >= 11 is 5.35. The number of nitrogens with zero attached hydrogens (tertiary/aromatic N) is 1. The van der Waals surface area contributed by atoms with Crippen molar-refractivity contribution in [1.82, 2.24) is 5.32 Å². The third-order valence-corrected chi connectivity index (χ3v) is 6.80. The zero-order valence-corrected chi connectivity index (χ0v) is 21.8. The number of amides is 2. The Morgan fingerprint density at radius 1 is 0.949 bits per heavy atom. The van der Waals surface area contributed by atoms with Crippen LogP contribution in [-0.4, -0.2) is 28.0 Å². The molecule has 0 aliphatic carbocycles. The first-order valence-electron chi connectivity index (χ1n) is 12.3. The maximum absolute atomic E-state index is 13.6. The Morgan fingerprint density at radius 3 is 2.33 bits per heavy atom. The Morgan fingerprint density at radius 2 is 1.64 bits per heavy atom. The molecule has 1 aliphatic heterocycles. The minimum atomic E-state index is -1.00. The predicted octanol–water partition coefficient (Wildman–Crippen LogP) is 5.51. The fraction of sp³-hybridized carbons (Fsp3) is 0.0968. The first kappa shape index (κ1) is 25.8. The van der Waals surface area contributed by atoms with Gasteiger partial charge in [0.2, 0.25) is 0 Å². The van der Waals surface area contributed by atoms with Gasteiger partial charge in [-0.05, 0) is 76.9 Å². The molecule has 1 heterocycles. The van der Waals surface area contributed by atoms with Crippen molar-refractivity contribution in [1.29, 1.82) is 0 Å². The van der Waals surface area contributed by atoms with Crippen LogP contribution in [0.5, 0.6) is 5.75 Å². The molecule has 1 aliphatic rings. The number of hydrogen-bond acceptors (Lipinski definition) is 5. The molecule has 0 spiro atoms. The highest BCUT2D eigenvalue weighted by atomic mass is 32.1. The fourth-order valence-corrected chi connectivity index (χ4v) is 4.65. The summed E-state index contributed by atoms with van der Waals surface area (Å²) in [6.07, 6.45) is 2.40. The van der Waals surface area contributed by atoms with E-state index in [0.29, 0.717) is 17.0 Å². The average Bonchev–Trinajstić information content (AvgIpc) is 2.95. The zero-order chi connectivity index (χ0) is 27.5. The van der Waals surface area contributed by atoms with Crippen LogP contribution in [0, 0.1) is 0 Å². The molecule has 0 saturated carbocycles. The van der Waals surface area contributed by atoms with E-state index < -0.39 is 17.8 Å². The molecule has 2 amide bonds. The highest BCUT2D eigenvalue weighted by molar-refractivity contribution is 7.80. The fourth-order valence-electron chi connectivity index (χ4n) is 4.37. The molecule has 0 unspecified atom stereocenters. The van der Waals surface area contributed by atoms with Crippen LogP contribution in [0.3, 0.4) is 0 Å². The van der Waals surface area contributed by atoms with Gasteiger partial charge in [0, 0.05) is 5.56 Å². The minimum Gasteiger partial charge on any atom is -0.488 e. The van der Waals surface area contributed by atoms with Gasteiger partial charge in [-0.15, -0.1) is 0 Å². The lowest BCUT2D eigenvalue weighted by Crippen LogP contribution is -2.54. The summed E-state index contributed by atoms with van der Waals surface area (Å²) < 4.78 is 6.13. The third kappa shape index (κ3) is 5.28. The van der Waals surface area contributed by atoms with E-state index in [9.17, 15) is 14.4 Å². The van der Waals surface area contributed by atoms with E-state index in [-0.39, 0.29) is 22.9 Å². The molecule has 0 bridgehead atoms. The Bertz CT molecular complexity index is 1640. The van der Waals surface area contributed by atoms with Crippen molar-refractivity contribution in [3.05, 3.63) is 113 Å². The molecule has 4 aromatic rings. The van der Waals surface area contributed by atoms with Crippen molar-refractivity contribution in [2.75, 3.05) is 4.90 Å². The average molecular weight is 537 g/mol. The summed E-state index contributed by atoms with van der Waals surface area (Å²) in [4.78, 5) is 39.1. The van der Waals surface area contributed by atoms with Gasteiger partial charge in [-0.3, -0.25) is 19.8 Å². The molecule has 5 rings (SSSR count). The number of benzene rings is 4. The molecule has 0 radical (unpaired) electrons. The first-order valence-corrected chi connectivity index (χ1v) is 12.7. The predicted molar refractivity (Wildman–Crippen MR) is 154 cm³/mol. The van der Waals surface area contributed by atoms with Crippen molar-refractivity contribution in [2.45, 2.75) is 20.0 Å². The number of nitrogens with one attached hydrogen (secondary N) is 1. The number of carbonyl (C=O) groups is 3. The minimum absolute atomic E-state index is 0.0191. The van der Waals surface area contributed by atoms with Crippen molar-refractivity contribution in [3.8, 4) is 5.75 Å². The normalized spacial score (nSPS) is 14.5. The van der Waals surface area contributed by atoms with Crippen molar-refractivity contribution < 1.29 is 24.2 Å². The summed E-state index contributed by atoms with van der Waals surface area (Å²) in [6.45, 7) is 2.20. The Kier molecular flexibility index (Phi) is 7.21. The number of thiocarbonyl (C=S) groups is 1. The van der Waals surface area contributed by atoms with E-state index in [2.05, 4.69) is 5.32 Å². The van der Waals surface area contributed by atoms with Crippen LogP contribution >= 0.6 is 12.2 Å². The highest BCUT2D eigenvalue weighted by Gasteiger charge is 2.34. The molecule has 0 atom stereocenters. The Labute approximate surface area is 230 Å². The van der Waals surface area contributed by atoms with Gasteiger partial charge < -0.3 is 9.84 Å². The summed E-state index contributed by atoms with van der Waals surface area (Å²) in [5, 5.41) is 13.5. The number of rotatable bonds is 7. The van der Waals surface area contributed by atoms with Crippen LogP contribution < -0.4 is 15.0 Å². The molecule has 39 heavy (non-hydrogen) atoms. The number of fused-ring (bicyclic) bond motifs is 1. The molecule has 194 valence electrons. The molecule has 1 fully saturated rings. The summed E-state index contributed by atoms with van der Waals surface area (Å²) in [5.74, 6) is -1.65. The third-order valence-electron chi connectivity index (χ3n) is 6.52. The van der Waals surface area contributed by atoms with Gasteiger partial charge in [0.05, 0.1) is 11.3 Å². The monoisotopic (exact) mass is 536 g/mol. The van der Waals surface area contributed by atoms with Crippen molar-refractivity contribution >= 4 is 57.6 Å². The molecule has 0 aromatic heterocycles. The lowest BCUT2D eigenvalue weighted by molar-refractivity contribution is -0.122. The summed E-state index contributed by atoms with van der Waals surface area (Å²) in [7, 11) is 0. The molecule has 7 nitrogen and oxygen atoms in total. The second kappa shape index (κ2) is 10.9. The molecule has 2 N–H and O–H groups in total. The molecular weight excluding hydrogens is 512 g/mol. The van der Waals surface area contributed by atoms with E-state index in [4.69, 9.17) is 22.1 Å². The van der Waals surface area contributed by atoms with Crippen LogP contribution in [0.4, 0.5) is 5.69 Å². The first-order chi connectivity index (χ1) is 18.9. The number of aromatic carboxylic acids is 1. The topological polar surface area (TPSA) is 95.9 Å². The standard InChI is InChI=1S/C31H24N2O5S/c1-2-19-9-14-23(15-10-19)33-29(35)26(28(34)32-31(33)39)17-25-24-6-4-3-5-21(24)13-16-27(25)38-18-20-7-11-22(12-8-20)30(36)37/h3-17H,2,18H2,1H3,(H,36,37)(H,32,34,39)/b26-17+. The lowest BCUT2D eigenvalue weighted by atomic mass is 9.99. The number of ether oxygens (including phenoxy) is 1. The van der Waals surface area contributed by atoms with Gasteiger partial charge in [-0.2, -0.15) is 0 Å². The summed E-state index contributed by atoms with van der Waals surface area (Å²) in [6, 6.07) is 25.2. The maximum atomic E-state index is 13.6. The van der Waals surface area contributed by atoms with E-state index in [0.717, 1.165) is 28.3 Å². The second-order valence-corrected chi connectivity index (χ2v) is 9.35. The molecule has 8 heteroatoms. The number of carbonyl (C=O) groups excluding carboxylic acids is 2. The number of anilines is 1. The second-order valence-electron chi connectivity index (χ2n) is 8.97. The van der Waals surface area contributed by atoms with Gasteiger partial charge >= 0.3 is 5.97 Å². The van der Waals surface area contributed by atoms with Gasteiger partial charge in [0.1, 0.15) is 17.9 Å². The van der Waals surface area contributed by atoms with E-state index in [1.807, 2.05) is 49.4 Å². The van der Waals surface area contributed by atoms with Crippen LogP contribution in [0.25, 0.3) is 16.8 Å². The van der Waals surface area contributed by atoms with Gasteiger partial charge in [-0.25, -0.2) is 4.79 Å². The van der Waals surface area contributed by atoms with E-state index in [1.165, 1.54) is 23.1 Å².